The molecule has 0 aliphatic heterocycles. The highest BCUT2D eigenvalue weighted by Gasteiger charge is 2.34. The van der Waals surface area contributed by atoms with Crippen molar-refractivity contribution in [1.29, 1.82) is 0 Å². The fourth-order valence-corrected chi connectivity index (χ4v) is 3.63. The SMILES string of the molecule is CCCCC1(c2cc(O)c(C=O)c(OC)c2)CCCCC1. The molecule has 1 fully saturated rings. The molecule has 1 aliphatic carbocycles. The summed E-state index contributed by atoms with van der Waals surface area (Å²) in [6.07, 6.45) is 10.3. The van der Waals surface area contributed by atoms with Crippen LogP contribution in [0.3, 0.4) is 0 Å². The number of methoxy groups -OCH3 is 1. The molecular weight excluding hydrogens is 264 g/mol. The number of benzene rings is 1. The fourth-order valence-electron chi connectivity index (χ4n) is 3.63. The Morgan fingerprint density at radius 1 is 1.29 bits per heavy atom. The number of hydrogen-bond acceptors (Lipinski definition) is 3. The average molecular weight is 290 g/mol. The van der Waals surface area contributed by atoms with Crippen LogP contribution in [0.25, 0.3) is 0 Å². The minimum atomic E-state index is 0.0424. The zero-order chi connectivity index (χ0) is 15.3. The number of rotatable bonds is 6. The zero-order valence-corrected chi connectivity index (χ0v) is 13.2. The van der Waals surface area contributed by atoms with Crippen molar-refractivity contribution in [3.05, 3.63) is 23.3 Å². The molecule has 2 rings (SSSR count). The Labute approximate surface area is 127 Å². The lowest BCUT2D eigenvalue weighted by molar-refractivity contribution is 0.111. The smallest absolute Gasteiger partial charge is 0.157 e. The maximum Gasteiger partial charge on any atom is 0.157 e. The highest BCUT2D eigenvalue weighted by Crippen LogP contribution is 2.46. The molecule has 0 aromatic heterocycles. The molecule has 0 unspecified atom stereocenters. The van der Waals surface area contributed by atoms with Crippen LogP contribution in [-0.4, -0.2) is 18.5 Å². The second-order valence-electron chi connectivity index (χ2n) is 6.17. The van der Waals surface area contributed by atoms with Crippen molar-refractivity contribution in [2.24, 2.45) is 0 Å². The van der Waals surface area contributed by atoms with Gasteiger partial charge in [-0.15, -0.1) is 0 Å². The molecular formula is C18H26O3. The van der Waals surface area contributed by atoms with Crippen LogP contribution in [-0.2, 0) is 5.41 Å². The minimum Gasteiger partial charge on any atom is -0.507 e. The van der Waals surface area contributed by atoms with Gasteiger partial charge in [-0.3, -0.25) is 4.79 Å². The van der Waals surface area contributed by atoms with Crippen molar-refractivity contribution in [2.75, 3.05) is 7.11 Å². The molecule has 0 atom stereocenters. The van der Waals surface area contributed by atoms with Gasteiger partial charge in [0.05, 0.1) is 12.7 Å². The second-order valence-corrected chi connectivity index (χ2v) is 6.17. The molecule has 1 aliphatic rings. The summed E-state index contributed by atoms with van der Waals surface area (Å²) >= 11 is 0. The van der Waals surface area contributed by atoms with Gasteiger partial charge < -0.3 is 9.84 Å². The van der Waals surface area contributed by atoms with Gasteiger partial charge in [0.2, 0.25) is 0 Å². The van der Waals surface area contributed by atoms with Crippen molar-refractivity contribution in [3.8, 4) is 11.5 Å². The van der Waals surface area contributed by atoms with Crippen molar-refractivity contribution in [3.63, 3.8) is 0 Å². The quantitative estimate of drug-likeness (QED) is 0.778. The van der Waals surface area contributed by atoms with E-state index in [9.17, 15) is 9.90 Å². The largest absolute Gasteiger partial charge is 0.507 e. The van der Waals surface area contributed by atoms with E-state index in [-0.39, 0.29) is 16.7 Å². The van der Waals surface area contributed by atoms with Gasteiger partial charge in [-0.2, -0.15) is 0 Å². The van der Waals surface area contributed by atoms with Gasteiger partial charge in [0, 0.05) is 0 Å². The number of aromatic hydroxyl groups is 1. The van der Waals surface area contributed by atoms with Crippen molar-refractivity contribution < 1.29 is 14.6 Å². The van der Waals surface area contributed by atoms with Crippen LogP contribution in [0.2, 0.25) is 0 Å². The average Bonchev–Trinajstić information content (AvgIpc) is 2.53. The number of phenolic OH excluding ortho intramolecular Hbond substituents is 1. The summed E-state index contributed by atoms with van der Waals surface area (Å²) < 4.78 is 5.31. The molecule has 3 heteroatoms. The highest BCUT2D eigenvalue weighted by molar-refractivity contribution is 5.84. The first-order valence-corrected chi connectivity index (χ1v) is 8.03. The van der Waals surface area contributed by atoms with Gasteiger partial charge in [0.1, 0.15) is 11.5 Å². The number of aldehydes is 1. The van der Waals surface area contributed by atoms with Crippen molar-refractivity contribution in [1.82, 2.24) is 0 Å². The maximum absolute atomic E-state index is 11.1. The lowest BCUT2D eigenvalue weighted by atomic mass is 9.66. The van der Waals surface area contributed by atoms with Crippen LogP contribution >= 0.6 is 0 Å². The predicted octanol–water partition coefficient (Wildman–Crippen LogP) is 4.61. The summed E-state index contributed by atoms with van der Waals surface area (Å²) in [6.45, 7) is 2.21. The van der Waals surface area contributed by atoms with Crippen LogP contribution in [0.15, 0.2) is 12.1 Å². The van der Waals surface area contributed by atoms with E-state index in [2.05, 4.69) is 6.92 Å². The van der Waals surface area contributed by atoms with Gasteiger partial charge in [0.15, 0.2) is 6.29 Å². The summed E-state index contributed by atoms with van der Waals surface area (Å²) in [6, 6.07) is 3.75. The van der Waals surface area contributed by atoms with E-state index < -0.39 is 0 Å². The first kappa shape index (κ1) is 15.9. The summed E-state index contributed by atoms with van der Waals surface area (Å²) in [5.41, 5.74) is 1.53. The Hall–Kier alpha value is -1.51. The van der Waals surface area contributed by atoms with Gasteiger partial charge in [0.25, 0.3) is 0 Å². The minimum absolute atomic E-state index is 0.0424. The Morgan fingerprint density at radius 2 is 2.00 bits per heavy atom. The molecule has 1 N–H and O–H groups in total. The summed E-state index contributed by atoms with van der Waals surface area (Å²) in [4.78, 5) is 11.1. The fraction of sp³-hybridized carbons (Fsp3) is 0.611. The van der Waals surface area contributed by atoms with Crippen LogP contribution in [0, 0.1) is 0 Å². The van der Waals surface area contributed by atoms with E-state index in [0.29, 0.717) is 12.0 Å². The second kappa shape index (κ2) is 6.97. The van der Waals surface area contributed by atoms with Crippen LogP contribution in [0.1, 0.15) is 74.2 Å². The normalized spacial score (nSPS) is 17.4. The lowest BCUT2D eigenvalue weighted by Crippen LogP contribution is -2.29. The summed E-state index contributed by atoms with van der Waals surface area (Å²) in [5.74, 6) is 0.530. The third-order valence-corrected chi connectivity index (χ3v) is 4.89. The van der Waals surface area contributed by atoms with E-state index in [1.54, 1.807) is 13.2 Å². The monoisotopic (exact) mass is 290 g/mol. The van der Waals surface area contributed by atoms with E-state index in [4.69, 9.17) is 4.74 Å². The van der Waals surface area contributed by atoms with Gasteiger partial charge in [-0.25, -0.2) is 0 Å². The van der Waals surface area contributed by atoms with Gasteiger partial charge in [-0.05, 0) is 42.4 Å². The molecule has 1 saturated carbocycles. The molecule has 116 valence electrons. The topological polar surface area (TPSA) is 46.5 Å². The standard InChI is InChI=1S/C18H26O3/c1-3-4-8-18(9-6-5-7-10-18)14-11-16(20)15(13-19)17(12-14)21-2/h11-13,20H,3-10H2,1-2H3. The van der Waals surface area contributed by atoms with E-state index in [0.717, 1.165) is 24.8 Å². The Bertz CT molecular complexity index is 487. The van der Waals surface area contributed by atoms with Crippen LogP contribution in [0.5, 0.6) is 11.5 Å². The molecule has 3 nitrogen and oxygen atoms in total. The zero-order valence-electron chi connectivity index (χ0n) is 13.2. The molecule has 0 heterocycles. The van der Waals surface area contributed by atoms with Crippen LogP contribution < -0.4 is 4.74 Å². The molecule has 1 aromatic carbocycles. The molecule has 1 aromatic rings. The molecule has 0 amide bonds. The lowest BCUT2D eigenvalue weighted by Gasteiger charge is -2.38. The van der Waals surface area contributed by atoms with E-state index in [1.807, 2.05) is 6.07 Å². The third-order valence-electron chi connectivity index (χ3n) is 4.89. The predicted molar refractivity (Wildman–Crippen MR) is 84.3 cm³/mol. The molecule has 0 bridgehead atoms. The molecule has 0 radical (unpaired) electrons. The highest BCUT2D eigenvalue weighted by atomic mass is 16.5. The number of ether oxygens (including phenoxy) is 1. The number of carbonyl (C=O) groups excluding carboxylic acids is 1. The Morgan fingerprint density at radius 3 is 2.57 bits per heavy atom. The molecule has 0 saturated heterocycles. The maximum atomic E-state index is 11.1. The molecule has 21 heavy (non-hydrogen) atoms. The number of phenols is 1. The number of unbranched alkanes of at least 4 members (excludes halogenated alkanes) is 1. The number of carbonyl (C=O) groups is 1. The Balaban J connectivity index is 2.44. The van der Waals surface area contributed by atoms with Gasteiger partial charge >= 0.3 is 0 Å². The Kier molecular flexibility index (Phi) is 5.27. The first-order chi connectivity index (χ1) is 10.2. The first-order valence-electron chi connectivity index (χ1n) is 8.03. The van der Waals surface area contributed by atoms with Crippen molar-refractivity contribution in [2.45, 2.75) is 63.7 Å². The third kappa shape index (κ3) is 3.22. The van der Waals surface area contributed by atoms with E-state index >= 15 is 0 Å². The number of hydrogen-bond donors (Lipinski definition) is 1. The summed E-state index contributed by atoms with van der Waals surface area (Å²) in [5, 5.41) is 10.2. The molecule has 0 spiro atoms. The van der Waals surface area contributed by atoms with E-state index in [1.165, 1.54) is 32.1 Å². The van der Waals surface area contributed by atoms with Gasteiger partial charge in [-0.1, -0.05) is 39.0 Å². The van der Waals surface area contributed by atoms with Crippen LogP contribution in [0.4, 0.5) is 0 Å². The van der Waals surface area contributed by atoms with Crippen molar-refractivity contribution >= 4 is 6.29 Å². The summed E-state index contributed by atoms with van der Waals surface area (Å²) in [7, 11) is 1.55.